The first kappa shape index (κ1) is 23.7. The second kappa shape index (κ2) is 10.7. The van der Waals surface area contributed by atoms with E-state index in [9.17, 15) is 9.59 Å². The highest BCUT2D eigenvalue weighted by atomic mass is 32.2. The monoisotopic (exact) mass is 496 g/mol. The smallest absolute Gasteiger partial charge is 0.277 e. The first-order chi connectivity index (χ1) is 17.6. The van der Waals surface area contributed by atoms with E-state index >= 15 is 0 Å². The van der Waals surface area contributed by atoms with Crippen molar-refractivity contribution in [2.24, 2.45) is 0 Å². The van der Waals surface area contributed by atoms with Crippen LogP contribution in [0, 0.1) is 0 Å². The van der Waals surface area contributed by atoms with Gasteiger partial charge in [-0.25, -0.2) is 4.68 Å². The lowest BCUT2D eigenvalue weighted by atomic mass is 10.1. The number of rotatable bonds is 9. The van der Waals surface area contributed by atoms with Crippen LogP contribution < -0.4 is 5.56 Å². The molecular weight excluding hydrogens is 472 g/mol. The average Bonchev–Trinajstić information content (AvgIpc) is 3.39. The standard InChI is InChI=1S/C28H24N4O3S/c1-2-8-19-13-15-21(16-14-19)24(33)18-36-28-30-29-26(35-28)25-22-11-6-7-12-23(22)27(34)32(31-25)17-20-9-4-3-5-10-20/h3-7,9-16H,2,8,17-18H2,1H3. The van der Waals surface area contributed by atoms with Crippen LogP contribution in [0.4, 0.5) is 0 Å². The third-order valence-corrected chi connectivity index (χ3v) is 6.61. The number of ketones is 1. The highest BCUT2D eigenvalue weighted by Gasteiger charge is 2.18. The SMILES string of the molecule is CCCc1ccc(C(=O)CSc2nnc(-c3nn(Cc4ccccc4)c(=O)c4ccccc34)o2)cc1. The lowest BCUT2D eigenvalue weighted by Crippen LogP contribution is -2.24. The number of aryl methyl sites for hydroxylation is 1. The van der Waals surface area contributed by atoms with Crippen molar-refractivity contribution in [3.8, 4) is 11.6 Å². The highest BCUT2D eigenvalue weighted by Crippen LogP contribution is 2.27. The molecule has 8 heteroatoms. The second-order valence-corrected chi connectivity index (χ2v) is 9.30. The molecule has 36 heavy (non-hydrogen) atoms. The van der Waals surface area contributed by atoms with Crippen molar-refractivity contribution in [1.29, 1.82) is 0 Å². The summed E-state index contributed by atoms with van der Waals surface area (Å²) >= 11 is 1.18. The number of carbonyl (C=O) groups is 1. The van der Waals surface area contributed by atoms with Crippen molar-refractivity contribution >= 4 is 28.3 Å². The van der Waals surface area contributed by atoms with E-state index in [0.29, 0.717) is 28.6 Å². The maximum absolute atomic E-state index is 13.1. The van der Waals surface area contributed by atoms with Crippen molar-refractivity contribution < 1.29 is 9.21 Å². The Morgan fingerprint density at radius 1 is 0.889 bits per heavy atom. The second-order valence-electron chi connectivity index (χ2n) is 8.37. The predicted molar refractivity (Wildman–Crippen MR) is 140 cm³/mol. The van der Waals surface area contributed by atoms with E-state index in [1.807, 2.05) is 72.8 Å². The van der Waals surface area contributed by atoms with Crippen molar-refractivity contribution in [3.63, 3.8) is 0 Å². The first-order valence-electron chi connectivity index (χ1n) is 11.7. The van der Waals surface area contributed by atoms with E-state index in [-0.39, 0.29) is 28.2 Å². The minimum atomic E-state index is -0.192. The summed E-state index contributed by atoms with van der Waals surface area (Å²) in [6, 6.07) is 24.6. The maximum Gasteiger partial charge on any atom is 0.277 e. The quantitative estimate of drug-likeness (QED) is 0.199. The number of aromatic nitrogens is 4. The lowest BCUT2D eigenvalue weighted by Gasteiger charge is -2.09. The molecule has 2 heterocycles. The van der Waals surface area contributed by atoms with E-state index in [0.717, 1.165) is 18.4 Å². The lowest BCUT2D eigenvalue weighted by molar-refractivity contribution is 0.102. The fraction of sp³-hybridized carbons (Fsp3) is 0.179. The van der Waals surface area contributed by atoms with E-state index < -0.39 is 0 Å². The number of hydrogen-bond acceptors (Lipinski definition) is 7. The normalized spacial score (nSPS) is 11.1. The number of thioether (sulfide) groups is 1. The van der Waals surface area contributed by atoms with Crippen LogP contribution in [0.2, 0.25) is 0 Å². The zero-order valence-electron chi connectivity index (χ0n) is 19.8. The largest absolute Gasteiger partial charge is 0.409 e. The van der Waals surface area contributed by atoms with Gasteiger partial charge in [-0.15, -0.1) is 10.2 Å². The molecule has 0 amide bonds. The van der Waals surface area contributed by atoms with Crippen LogP contribution >= 0.6 is 11.8 Å². The highest BCUT2D eigenvalue weighted by molar-refractivity contribution is 7.99. The molecule has 2 aromatic heterocycles. The Kier molecular flexibility index (Phi) is 7.04. The van der Waals surface area contributed by atoms with E-state index in [1.54, 1.807) is 6.07 Å². The van der Waals surface area contributed by atoms with Crippen molar-refractivity contribution in [2.75, 3.05) is 5.75 Å². The van der Waals surface area contributed by atoms with Gasteiger partial charge in [0.25, 0.3) is 16.7 Å². The van der Waals surface area contributed by atoms with Gasteiger partial charge in [0.15, 0.2) is 11.5 Å². The Balaban J connectivity index is 1.38. The summed E-state index contributed by atoms with van der Waals surface area (Å²) in [5.41, 5.74) is 3.07. The molecule has 180 valence electrons. The molecule has 3 aromatic carbocycles. The summed E-state index contributed by atoms with van der Waals surface area (Å²) in [6.45, 7) is 2.45. The molecule has 0 unspecified atom stereocenters. The molecule has 0 spiro atoms. The minimum Gasteiger partial charge on any atom is -0.409 e. The van der Waals surface area contributed by atoms with Crippen molar-refractivity contribution in [3.05, 3.63) is 106 Å². The molecule has 0 fully saturated rings. The van der Waals surface area contributed by atoms with Crippen molar-refractivity contribution in [1.82, 2.24) is 20.0 Å². The molecule has 0 aliphatic carbocycles. The molecule has 0 atom stereocenters. The molecule has 0 bridgehead atoms. The molecule has 0 aliphatic heterocycles. The van der Waals surface area contributed by atoms with Gasteiger partial charge >= 0.3 is 0 Å². The molecule has 0 radical (unpaired) electrons. The topological polar surface area (TPSA) is 90.9 Å². The predicted octanol–water partition coefficient (Wildman–Crippen LogP) is 5.42. The van der Waals surface area contributed by atoms with E-state index in [4.69, 9.17) is 4.42 Å². The molecule has 7 nitrogen and oxygen atoms in total. The maximum atomic E-state index is 13.1. The Morgan fingerprint density at radius 3 is 2.36 bits per heavy atom. The number of hydrogen-bond donors (Lipinski definition) is 0. The summed E-state index contributed by atoms with van der Waals surface area (Å²) in [5, 5.41) is 14.3. The van der Waals surface area contributed by atoms with Gasteiger partial charge in [-0.3, -0.25) is 9.59 Å². The molecule has 0 aliphatic rings. The van der Waals surface area contributed by atoms with Gasteiger partial charge in [0, 0.05) is 10.9 Å². The van der Waals surface area contributed by atoms with Gasteiger partial charge in [-0.1, -0.05) is 97.9 Å². The summed E-state index contributed by atoms with van der Waals surface area (Å²) in [6.07, 6.45) is 2.06. The number of fused-ring (bicyclic) bond motifs is 1. The van der Waals surface area contributed by atoms with Crippen molar-refractivity contribution in [2.45, 2.75) is 31.5 Å². The number of nitrogens with zero attached hydrogens (tertiary/aromatic N) is 4. The molecular formula is C28H24N4O3S. The van der Waals surface area contributed by atoms with Gasteiger partial charge in [-0.2, -0.15) is 5.10 Å². The number of carbonyl (C=O) groups excluding carboxylic acids is 1. The van der Waals surface area contributed by atoms with E-state index in [2.05, 4.69) is 22.2 Å². The summed E-state index contributed by atoms with van der Waals surface area (Å²) in [7, 11) is 0. The molecule has 0 N–H and O–H groups in total. The Bertz CT molecular complexity index is 1560. The van der Waals surface area contributed by atoms with E-state index in [1.165, 1.54) is 22.0 Å². The first-order valence-corrected chi connectivity index (χ1v) is 12.7. The van der Waals surface area contributed by atoms with Crippen LogP contribution in [0.25, 0.3) is 22.4 Å². The van der Waals surface area contributed by atoms with Gasteiger partial charge < -0.3 is 4.42 Å². The summed E-state index contributed by atoms with van der Waals surface area (Å²) in [4.78, 5) is 25.7. The van der Waals surface area contributed by atoms with Crippen LogP contribution in [0.1, 0.15) is 34.8 Å². The van der Waals surface area contributed by atoms with Gasteiger partial charge in [0.05, 0.1) is 17.7 Å². The van der Waals surface area contributed by atoms with Crippen LogP contribution in [0.15, 0.2) is 93.3 Å². The third-order valence-electron chi connectivity index (χ3n) is 5.79. The summed E-state index contributed by atoms with van der Waals surface area (Å²) in [5.74, 6) is 0.367. The van der Waals surface area contributed by atoms with Gasteiger partial charge in [0.2, 0.25) is 0 Å². The Labute approximate surface area is 212 Å². The van der Waals surface area contributed by atoms with Crippen LogP contribution in [0.5, 0.6) is 0 Å². The average molecular weight is 497 g/mol. The summed E-state index contributed by atoms with van der Waals surface area (Å²) < 4.78 is 7.28. The molecule has 0 saturated carbocycles. The van der Waals surface area contributed by atoms with Gasteiger partial charge in [0.1, 0.15) is 0 Å². The Morgan fingerprint density at radius 2 is 1.61 bits per heavy atom. The number of benzene rings is 3. The number of Topliss-reactive ketones (excluding diaryl/α,β-unsaturated/α-hetero) is 1. The van der Waals surface area contributed by atoms with Crippen LogP contribution in [0.3, 0.4) is 0 Å². The van der Waals surface area contributed by atoms with Gasteiger partial charge in [-0.05, 0) is 23.6 Å². The van der Waals surface area contributed by atoms with Crippen LogP contribution in [-0.2, 0) is 13.0 Å². The van der Waals surface area contributed by atoms with Crippen LogP contribution in [-0.4, -0.2) is 31.5 Å². The minimum absolute atomic E-state index is 0.0113. The zero-order valence-corrected chi connectivity index (χ0v) is 20.6. The Hall–Kier alpha value is -4.04. The molecule has 0 saturated heterocycles. The zero-order chi connectivity index (χ0) is 24.9. The fourth-order valence-corrected chi connectivity index (χ4v) is 4.63. The molecule has 5 aromatic rings. The fourth-order valence-electron chi connectivity index (χ4n) is 3.98. The molecule has 5 rings (SSSR count). The third kappa shape index (κ3) is 5.13.